The molecule has 29 heavy (non-hydrogen) atoms. The number of likely N-dealkylation sites (tertiary alicyclic amines) is 1. The van der Waals surface area contributed by atoms with Crippen LogP contribution in [0, 0.1) is 5.92 Å². The van der Waals surface area contributed by atoms with Crippen LogP contribution in [0.25, 0.3) is 0 Å². The average molecular weight is 417 g/mol. The van der Waals surface area contributed by atoms with Crippen molar-refractivity contribution in [1.82, 2.24) is 25.3 Å². The average Bonchev–Trinajstić information content (AvgIpc) is 3.40. The molecule has 1 amide bonds. The molecule has 0 aliphatic carbocycles. The highest BCUT2D eigenvalue weighted by Crippen LogP contribution is 2.19. The van der Waals surface area contributed by atoms with E-state index in [1.165, 1.54) is 0 Å². The monoisotopic (exact) mass is 416 g/mol. The van der Waals surface area contributed by atoms with E-state index in [-0.39, 0.29) is 23.9 Å². The zero-order valence-electron chi connectivity index (χ0n) is 17.2. The van der Waals surface area contributed by atoms with Gasteiger partial charge in [0, 0.05) is 56.1 Å². The van der Waals surface area contributed by atoms with Crippen molar-refractivity contribution in [3.63, 3.8) is 0 Å². The quantitative estimate of drug-likeness (QED) is 0.560. The van der Waals surface area contributed by atoms with Crippen LogP contribution in [0.1, 0.15) is 31.9 Å². The molecule has 1 aliphatic heterocycles. The maximum atomic E-state index is 12.2. The van der Waals surface area contributed by atoms with Crippen LogP contribution >= 0.6 is 11.6 Å². The number of carbonyl (C=O) groups is 1. The van der Waals surface area contributed by atoms with Crippen LogP contribution in [0.15, 0.2) is 47.7 Å². The van der Waals surface area contributed by atoms with Crippen LogP contribution in [-0.4, -0.2) is 59.3 Å². The Morgan fingerprint density at radius 1 is 1.34 bits per heavy atom. The van der Waals surface area contributed by atoms with E-state index in [0.717, 1.165) is 24.5 Å². The lowest BCUT2D eigenvalue weighted by atomic mass is 10.1. The van der Waals surface area contributed by atoms with E-state index in [0.29, 0.717) is 18.1 Å². The third kappa shape index (κ3) is 5.50. The highest BCUT2D eigenvalue weighted by molar-refractivity contribution is 6.30. The van der Waals surface area contributed by atoms with Gasteiger partial charge in [0.05, 0.1) is 6.04 Å². The summed E-state index contributed by atoms with van der Waals surface area (Å²) in [6.07, 6.45) is 4.64. The van der Waals surface area contributed by atoms with Gasteiger partial charge < -0.3 is 15.5 Å². The number of rotatable bonds is 6. The van der Waals surface area contributed by atoms with Gasteiger partial charge in [0.2, 0.25) is 5.91 Å². The molecule has 0 saturated carbocycles. The minimum atomic E-state index is 0.00316. The highest BCUT2D eigenvalue weighted by Gasteiger charge is 2.28. The van der Waals surface area contributed by atoms with Gasteiger partial charge in [0.1, 0.15) is 0 Å². The molecule has 0 bridgehead atoms. The van der Waals surface area contributed by atoms with Crippen molar-refractivity contribution in [1.29, 1.82) is 0 Å². The fourth-order valence-corrected chi connectivity index (χ4v) is 3.66. The van der Waals surface area contributed by atoms with Gasteiger partial charge in [-0.3, -0.25) is 14.5 Å². The number of aromatic nitrogens is 2. The van der Waals surface area contributed by atoms with Crippen molar-refractivity contribution in [2.24, 2.45) is 10.9 Å². The van der Waals surface area contributed by atoms with Gasteiger partial charge in [0.15, 0.2) is 5.96 Å². The Bertz CT molecular complexity index is 818. The number of halogens is 1. The van der Waals surface area contributed by atoms with E-state index in [4.69, 9.17) is 11.6 Å². The summed E-state index contributed by atoms with van der Waals surface area (Å²) in [6.45, 7) is 5.99. The third-order valence-electron chi connectivity index (χ3n) is 5.12. The molecule has 1 aliphatic rings. The zero-order valence-corrected chi connectivity index (χ0v) is 17.9. The first-order chi connectivity index (χ1) is 14.0. The summed E-state index contributed by atoms with van der Waals surface area (Å²) < 4.78 is 1.92. The SMILES string of the molecule is CN=C(NCC(c1ccc(Cl)cc1)n1cccn1)NC1CCN(C(=O)C(C)C)C1. The number of aliphatic imine (C=N–C) groups is 1. The summed E-state index contributed by atoms with van der Waals surface area (Å²) in [6, 6.07) is 9.91. The Morgan fingerprint density at radius 3 is 2.72 bits per heavy atom. The molecule has 3 rings (SSSR count). The number of benzene rings is 1. The molecule has 2 N–H and O–H groups in total. The Balaban J connectivity index is 1.61. The van der Waals surface area contributed by atoms with Gasteiger partial charge in [-0.1, -0.05) is 37.6 Å². The second-order valence-electron chi connectivity index (χ2n) is 7.58. The largest absolute Gasteiger partial charge is 0.354 e. The summed E-state index contributed by atoms with van der Waals surface area (Å²) in [5.41, 5.74) is 1.11. The molecule has 1 fully saturated rings. The van der Waals surface area contributed by atoms with Gasteiger partial charge >= 0.3 is 0 Å². The molecule has 7 nitrogen and oxygen atoms in total. The Labute approximate surface area is 177 Å². The molecular weight excluding hydrogens is 388 g/mol. The predicted octanol–water partition coefficient (Wildman–Crippen LogP) is 2.55. The summed E-state index contributed by atoms with van der Waals surface area (Å²) in [7, 11) is 1.76. The van der Waals surface area contributed by atoms with Gasteiger partial charge in [-0.25, -0.2) is 0 Å². The van der Waals surface area contributed by atoms with E-state index >= 15 is 0 Å². The Kier molecular flexibility index (Phi) is 7.14. The van der Waals surface area contributed by atoms with E-state index in [9.17, 15) is 4.79 Å². The number of carbonyl (C=O) groups excluding carboxylic acids is 1. The predicted molar refractivity (Wildman–Crippen MR) is 116 cm³/mol. The van der Waals surface area contributed by atoms with Crippen LogP contribution in [0.3, 0.4) is 0 Å². The van der Waals surface area contributed by atoms with Gasteiger partial charge in [-0.2, -0.15) is 5.10 Å². The molecule has 2 heterocycles. The lowest BCUT2D eigenvalue weighted by Gasteiger charge is -2.23. The molecular formula is C21H29ClN6O. The number of guanidine groups is 1. The molecule has 1 saturated heterocycles. The smallest absolute Gasteiger partial charge is 0.225 e. The number of hydrogen-bond donors (Lipinski definition) is 2. The minimum Gasteiger partial charge on any atom is -0.354 e. The zero-order chi connectivity index (χ0) is 20.8. The van der Waals surface area contributed by atoms with Crippen LogP contribution in [0.4, 0.5) is 0 Å². The summed E-state index contributed by atoms with van der Waals surface area (Å²) in [5.74, 6) is 0.957. The van der Waals surface area contributed by atoms with Crippen LogP contribution < -0.4 is 10.6 Å². The number of hydrogen-bond acceptors (Lipinski definition) is 3. The molecule has 1 aromatic heterocycles. The molecule has 156 valence electrons. The first-order valence-corrected chi connectivity index (χ1v) is 10.4. The molecule has 2 atom stereocenters. The van der Waals surface area contributed by atoms with Crippen molar-refractivity contribution >= 4 is 23.5 Å². The van der Waals surface area contributed by atoms with Gasteiger partial charge in [-0.15, -0.1) is 0 Å². The summed E-state index contributed by atoms with van der Waals surface area (Å²) in [5, 5.41) is 12.0. The second kappa shape index (κ2) is 9.78. The normalized spacial score (nSPS) is 18.2. The first-order valence-electron chi connectivity index (χ1n) is 9.98. The minimum absolute atomic E-state index is 0.00316. The van der Waals surface area contributed by atoms with Crippen LogP contribution in [0.2, 0.25) is 5.02 Å². The van der Waals surface area contributed by atoms with Crippen molar-refractivity contribution in [2.45, 2.75) is 32.4 Å². The second-order valence-corrected chi connectivity index (χ2v) is 8.01. The van der Waals surface area contributed by atoms with Crippen molar-refractivity contribution in [3.8, 4) is 0 Å². The van der Waals surface area contributed by atoms with E-state index in [1.807, 2.05) is 60.0 Å². The van der Waals surface area contributed by atoms with Crippen LogP contribution in [-0.2, 0) is 4.79 Å². The van der Waals surface area contributed by atoms with E-state index < -0.39 is 0 Å². The standard InChI is InChI=1S/C21H29ClN6O/c1-15(2)20(29)27-12-9-18(14-27)26-21(23-3)24-13-19(28-11-4-10-25-28)16-5-7-17(22)8-6-16/h4-8,10-11,15,18-19H,9,12-14H2,1-3H3,(H2,23,24,26). The molecule has 0 radical (unpaired) electrons. The fraction of sp³-hybridized carbons (Fsp3) is 0.476. The molecule has 0 spiro atoms. The summed E-state index contributed by atoms with van der Waals surface area (Å²) in [4.78, 5) is 18.5. The topological polar surface area (TPSA) is 74.6 Å². The molecule has 8 heteroatoms. The fourth-order valence-electron chi connectivity index (χ4n) is 3.54. The maximum absolute atomic E-state index is 12.2. The van der Waals surface area contributed by atoms with Gasteiger partial charge in [-0.05, 0) is 30.2 Å². The van der Waals surface area contributed by atoms with Crippen molar-refractivity contribution < 1.29 is 4.79 Å². The summed E-state index contributed by atoms with van der Waals surface area (Å²) >= 11 is 6.04. The number of amides is 1. The number of nitrogens with one attached hydrogen (secondary N) is 2. The Morgan fingerprint density at radius 2 is 2.10 bits per heavy atom. The van der Waals surface area contributed by atoms with Crippen molar-refractivity contribution in [2.75, 3.05) is 26.7 Å². The number of nitrogens with zero attached hydrogens (tertiary/aromatic N) is 4. The molecule has 2 unspecified atom stereocenters. The molecule has 1 aromatic carbocycles. The first kappa shape index (κ1) is 21.2. The molecule has 2 aromatic rings. The lowest BCUT2D eigenvalue weighted by Crippen LogP contribution is -2.46. The maximum Gasteiger partial charge on any atom is 0.225 e. The van der Waals surface area contributed by atoms with Crippen molar-refractivity contribution in [3.05, 3.63) is 53.3 Å². The third-order valence-corrected chi connectivity index (χ3v) is 5.37. The van der Waals surface area contributed by atoms with Gasteiger partial charge in [0.25, 0.3) is 0 Å². The van der Waals surface area contributed by atoms with E-state index in [1.54, 1.807) is 13.2 Å². The highest BCUT2D eigenvalue weighted by atomic mass is 35.5. The lowest BCUT2D eigenvalue weighted by molar-refractivity contribution is -0.133. The van der Waals surface area contributed by atoms with Crippen LogP contribution in [0.5, 0.6) is 0 Å². The van der Waals surface area contributed by atoms with E-state index in [2.05, 4.69) is 20.7 Å². The Hall–Kier alpha value is -2.54.